The van der Waals surface area contributed by atoms with Gasteiger partial charge in [-0.05, 0) is 80.9 Å². The van der Waals surface area contributed by atoms with Crippen molar-refractivity contribution in [2.45, 2.75) is 64.0 Å². The molecule has 0 spiro atoms. The van der Waals surface area contributed by atoms with Crippen molar-refractivity contribution in [1.29, 1.82) is 0 Å². The molecule has 2 N–H and O–H groups in total. The molecule has 5 nitrogen and oxygen atoms in total. The third-order valence-corrected chi connectivity index (χ3v) is 8.29. The van der Waals surface area contributed by atoms with Crippen LogP contribution >= 0.6 is 0 Å². The number of amides is 2. The summed E-state index contributed by atoms with van der Waals surface area (Å²) in [5.74, 6) is 1.67. The molecule has 1 aromatic heterocycles. The highest BCUT2D eigenvalue weighted by molar-refractivity contribution is 5.88. The van der Waals surface area contributed by atoms with Gasteiger partial charge >= 0.3 is 0 Å². The molecule has 1 aromatic carbocycles. The monoisotopic (exact) mass is 431 g/mol. The lowest BCUT2D eigenvalue weighted by Gasteiger charge is -2.59. The maximum Gasteiger partial charge on any atom is 0.230 e. The van der Waals surface area contributed by atoms with E-state index in [1.54, 1.807) is 12.4 Å². The fourth-order valence-electron chi connectivity index (χ4n) is 6.73. The Hall–Kier alpha value is -2.69. The van der Waals surface area contributed by atoms with E-state index >= 15 is 0 Å². The van der Waals surface area contributed by atoms with E-state index in [-0.39, 0.29) is 23.3 Å². The molecule has 5 heteroatoms. The summed E-state index contributed by atoms with van der Waals surface area (Å²) >= 11 is 0. The lowest BCUT2D eigenvalue weighted by atomic mass is 9.47. The van der Waals surface area contributed by atoms with Crippen molar-refractivity contribution in [1.82, 2.24) is 15.6 Å². The molecule has 2 amide bonds. The van der Waals surface area contributed by atoms with Crippen molar-refractivity contribution in [2.75, 3.05) is 0 Å². The predicted molar refractivity (Wildman–Crippen MR) is 123 cm³/mol. The van der Waals surface area contributed by atoms with Gasteiger partial charge in [0.2, 0.25) is 11.8 Å². The van der Waals surface area contributed by atoms with Gasteiger partial charge in [-0.3, -0.25) is 14.6 Å². The SMILES string of the molecule is CC(C)(C(=O)NC1C2CC3CC1CC(C(=O)NCc1cccnc1)(C3)C2)c1ccccc1. The summed E-state index contributed by atoms with van der Waals surface area (Å²) in [7, 11) is 0. The Kier molecular flexibility index (Phi) is 5.31. The number of nitrogens with zero attached hydrogens (tertiary/aromatic N) is 1. The number of carbonyl (C=O) groups is 2. The van der Waals surface area contributed by atoms with Crippen LogP contribution in [-0.4, -0.2) is 22.8 Å². The number of rotatable bonds is 6. The maximum atomic E-state index is 13.3. The van der Waals surface area contributed by atoms with Gasteiger partial charge in [0.25, 0.3) is 0 Å². The van der Waals surface area contributed by atoms with Crippen LogP contribution in [0.5, 0.6) is 0 Å². The number of benzene rings is 1. The molecular formula is C27H33N3O2. The second-order valence-corrected chi connectivity index (χ2v) is 10.8. The minimum Gasteiger partial charge on any atom is -0.352 e. The number of pyridine rings is 1. The molecule has 2 aromatic rings. The molecule has 32 heavy (non-hydrogen) atoms. The van der Waals surface area contributed by atoms with Crippen LogP contribution in [0, 0.1) is 23.2 Å². The number of hydrogen-bond acceptors (Lipinski definition) is 3. The van der Waals surface area contributed by atoms with E-state index < -0.39 is 5.41 Å². The van der Waals surface area contributed by atoms with Gasteiger partial charge in [0, 0.05) is 25.0 Å². The highest BCUT2D eigenvalue weighted by Gasteiger charge is 2.58. The Morgan fingerprint density at radius 1 is 1.03 bits per heavy atom. The molecule has 4 bridgehead atoms. The van der Waals surface area contributed by atoms with E-state index in [0.717, 1.165) is 43.2 Å². The van der Waals surface area contributed by atoms with Crippen molar-refractivity contribution < 1.29 is 9.59 Å². The summed E-state index contributed by atoms with van der Waals surface area (Å²) in [5.41, 5.74) is 1.22. The number of nitrogens with one attached hydrogen (secondary N) is 2. The Balaban J connectivity index is 1.27. The molecule has 168 valence electrons. The lowest BCUT2D eigenvalue weighted by Crippen LogP contribution is -2.63. The first-order valence-corrected chi connectivity index (χ1v) is 11.9. The summed E-state index contributed by atoms with van der Waals surface area (Å²) in [6.07, 6.45) is 8.58. The van der Waals surface area contributed by atoms with E-state index in [0.29, 0.717) is 24.3 Å². The summed E-state index contributed by atoms with van der Waals surface area (Å²) in [5, 5.41) is 6.63. The quantitative estimate of drug-likeness (QED) is 0.727. The van der Waals surface area contributed by atoms with Crippen molar-refractivity contribution in [3.05, 3.63) is 66.0 Å². The average molecular weight is 432 g/mol. The molecular weight excluding hydrogens is 398 g/mol. The first-order chi connectivity index (χ1) is 15.4. The van der Waals surface area contributed by atoms with Crippen LogP contribution in [0.15, 0.2) is 54.9 Å². The summed E-state index contributed by atoms with van der Waals surface area (Å²) < 4.78 is 0. The van der Waals surface area contributed by atoms with Crippen molar-refractivity contribution in [2.24, 2.45) is 23.2 Å². The normalized spacial score (nSPS) is 30.7. The highest BCUT2D eigenvalue weighted by atomic mass is 16.2. The highest BCUT2D eigenvalue weighted by Crippen LogP contribution is 2.60. The Labute approximate surface area is 190 Å². The van der Waals surface area contributed by atoms with Gasteiger partial charge < -0.3 is 10.6 Å². The van der Waals surface area contributed by atoms with Crippen LogP contribution in [0.1, 0.15) is 57.1 Å². The lowest BCUT2D eigenvalue weighted by molar-refractivity contribution is -0.151. The van der Waals surface area contributed by atoms with Crippen LogP contribution < -0.4 is 10.6 Å². The fourth-order valence-corrected chi connectivity index (χ4v) is 6.73. The molecule has 4 fully saturated rings. The Morgan fingerprint density at radius 3 is 2.41 bits per heavy atom. The van der Waals surface area contributed by atoms with E-state index in [1.807, 2.05) is 56.3 Å². The number of carbonyl (C=O) groups excluding carboxylic acids is 2. The third-order valence-electron chi connectivity index (χ3n) is 8.29. The smallest absolute Gasteiger partial charge is 0.230 e. The minimum absolute atomic E-state index is 0.0938. The van der Waals surface area contributed by atoms with Gasteiger partial charge in [-0.2, -0.15) is 0 Å². The van der Waals surface area contributed by atoms with Gasteiger partial charge in [-0.1, -0.05) is 36.4 Å². The van der Waals surface area contributed by atoms with Crippen molar-refractivity contribution >= 4 is 11.8 Å². The summed E-state index contributed by atoms with van der Waals surface area (Å²) in [4.78, 5) is 30.8. The van der Waals surface area contributed by atoms with Gasteiger partial charge in [-0.15, -0.1) is 0 Å². The van der Waals surface area contributed by atoms with Crippen LogP contribution in [0.4, 0.5) is 0 Å². The standard InChI is InChI=1S/C27H33N3O2/c1-26(2,22-8-4-3-5-9-22)24(31)30-23-20-11-19-12-21(23)15-27(13-19,14-20)25(32)29-17-18-7-6-10-28-16-18/h3-10,16,19-21,23H,11-15,17H2,1-2H3,(H,29,32)(H,30,31). The second kappa shape index (κ2) is 8.02. The second-order valence-electron chi connectivity index (χ2n) is 10.8. The molecule has 2 atom stereocenters. The van der Waals surface area contributed by atoms with E-state index in [2.05, 4.69) is 15.6 Å². The molecule has 6 rings (SSSR count). The fraction of sp³-hybridized carbons (Fsp3) is 0.519. The molecule has 1 heterocycles. The molecule has 4 saturated carbocycles. The van der Waals surface area contributed by atoms with E-state index in [1.165, 1.54) is 0 Å². The van der Waals surface area contributed by atoms with Crippen LogP contribution in [0.3, 0.4) is 0 Å². The third kappa shape index (κ3) is 3.72. The topological polar surface area (TPSA) is 71.1 Å². The molecule has 2 unspecified atom stereocenters. The summed E-state index contributed by atoms with van der Waals surface area (Å²) in [6, 6.07) is 14.1. The van der Waals surface area contributed by atoms with Crippen LogP contribution in [0.25, 0.3) is 0 Å². The number of aromatic nitrogens is 1. The molecule has 0 radical (unpaired) electrons. The number of hydrogen-bond donors (Lipinski definition) is 2. The molecule has 0 aliphatic heterocycles. The predicted octanol–water partition coefficient (Wildman–Crippen LogP) is 3.99. The van der Waals surface area contributed by atoms with Crippen LogP contribution in [0.2, 0.25) is 0 Å². The zero-order valence-electron chi connectivity index (χ0n) is 19.0. The van der Waals surface area contributed by atoms with Crippen molar-refractivity contribution in [3.8, 4) is 0 Å². The largest absolute Gasteiger partial charge is 0.352 e. The Morgan fingerprint density at radius 2 is 1.75 bits per heavy atom. The van der Waals surface area contributed by atoms with Crippen LogP contribution in [-0.2, 0) is 21.5 Å². The van der Waals surface area contributed by atoms with Crippen molar-refractivity contribution in [3.63, 3.8) is 0 Å². The zero-order chi connectivity index (χ0) is 22.3. The molecule has 0 saturated heterocycles. The first-order valence-electron chi connectivity index (χ1n) is 11.9. The van der Waals surface area contributed by atoms with Gasteiger partial charge in [0.05, 0.1) is 10.8 Å². The van der Waals surface area contributed by atoms with Gasteiger partial charge in [0.1, 0.15) is 0 Å². The molecule has 4 aliphatic carbocycles. The van der Waals surface area contributed by atoms with E-state index in [4.69, 9.17) is 0 Å². The van der Waals surface area contributed by atoms with Gasteiger partial charge in [0.15, 0.2) is 0 Å². The van der Waals surface area contributed by atoms with E-state index in [9.17, 15) is 9.59 Å². The summed E-state index contributed by atoms with van der Waals surface area (Å²) in [6.45, 7) is 4.53. The average Bonchev–Trinajstić information content (AvgIpc) is 2.80. The Bertz CT molecular complexity index is 972. The zero-order valence-corrected chi connectivity index (χ0v) is 19.0. The first kappa shape index (κ1) is 21.2. The molecule has 4 aliphatic rings. The minimum atomic E-state index is -0.575. The van der Waals surface area contributed by atoms with Gasteiger partial charge in [-0.25, -0.2) is 0 Å². The maximum absolute atomic E-state index is 13.3.